The maximum absolute atomic E-state index is 4.44. The van der Waals surface area contributed by atoms with Gasteiger partial charge in [0.1, 0.15) is 5.01 Å². The second-order valence-corrected chi connectivity index (χ2v) is 8.30. The largest absolute Gasteiger partial charge is 0.309 e. The van der Waals surface area contributed by atoms with Gasteiger partial charge in [0.25, 0.3) is 0 Å². The lowest BCUT2D eigenvalue weighted by molar-refractivity contribution is 1.18. The van der Waals surface area contributed by atoms with Crippen molar-refractivity contribution in [1.29, 1.82) is 0 Å². The third kappa shape index (κ3) is 2.41. The summed E-state index contributed by atoms with van der Waals surface area (Å²) in [5.74, 6) is 0. The van der Waals surface area contributed by atoms with Crippen LogP contribution in [0.2, 0.25) is 0 Å². The number of benzene rings is 3. The van der Waals surface area contributed by atoms with E-state index in [1.165, 1.54) is 21.8 Å². The molecular formula is C21H13BrN2S. The first kappa shape index (κ1) is 14.9. The predicted octanol–water partition coefficient (Wildman–Crippen LogP) is 6.67. The Labute approximate surface area is 157 Å². The molecule has 0 saturated heterocycles. The van der Waals surface area contributed by atoms with Crippen molar-refractivity contribution in [1.82, 2.24) is 9.55 Å². The van der Waals surface area contributed by atoms with Crippen LogP contribution in [0.3, 0.4) is 0 Å². The standard InChI is InChI=1S/C21H13BrN2S/c22-20-13-23-21(25-20)14-9-11-15(12-10-14)24-18-7-3-1-5-16(18)17-6-2-4-8-19(17)24/h1-13H. The summed E-state index contributed by atoms with van der Waals surface area (Å²) in [6.45, 7) is 0. The first-order valence-electron chi connectivity index (χ1n) is 8.01. The summed E-state index contributed by atoms with van der Waals surface area (Å²) in [4.78, 5) is 4.44. The summed E-state index contributed by atoms with van der Waals surface area (Å²) in [6.07, 6.45) is 1.85. The first-order chi connectivity index (χ1) is 12.3. The molecule has 120 valence electrons. The fourth-order valence-electron chi connectivity index (χ4n) is 3.34. The van der Waals surface area contributed by atoms with Crippen LogP contribution >= 0.6 is 27.3 Å². The molecule has 25 heavy (non-hydrogen) atoms. The Bertz CT molecular complexity index is 1150. The van der Waals surface area contributed by atoms with E-state index >= 15 is 0 Å². The van der Waals surface area contributed by atoms with Crippen molar-refractivity contribution in [3.05, 3.63) is 82.8 Å². The smallest absolute Gasteiger partial charge is 0.124 e. The van der Waals surface area contributed by atoms with E-state index in [9.17, 15) is 0 Å². The lowest BCUT2D eigenvalue weighted by Gasteiger charge is -2.08. The van der Waals surface area contributed by atoms with Crippen LogP contribution in [0.5, 0.6) is 0 Å². The number of nitrogens with zero attached hydrogens (tertiary/aromatic N) is 2. The van der Waals surface area contributed by atoms with Gasteiger partial charge < -0.3 is 4.57 Å². The molecule has 0 fully saturated rings. The van der Waals surface area contributed by atoms with Crippen molar-refractivity contribution in [3.8, 4) is 16.3 Å². The lowest BCUT2D eigenvalue weighted by atomic mass is 10.2. The molecule has 3 aromatic carbocycles. The molecule has 0 aliphatic rings. The topological polar surface area (TPSA) is 17.8 Å². The Kier molecular flexibility index (Phi) is 3.47. The summed E-state index contributed by atoms with van der Waals surface area (Å²) < 4.78 is 3.38. The number of thiazole rings is 1. The van der Waals surface area contributed by atoms with Crippen molar-refractivity contribution >= 4 is 49.1 Å². The highest BCUT2D eigenvalue weighted by Gasteiger charge is 2.11. The van der Waals surface area contributed by atoms with Crippen LogP contribution in [0.25, 0.3) is 38.1 Å². The van der Waals surface area contributed by atoms with Crippen molar-refractivity contribution in [2.45, 2.75) is 0 Å². The van der Waals surface area contributed by atoms with E-state index in [1.807, 2.05) is 6.20 Å². The number of para-hydroxylation sites is 2. The van der Waals surface area contributed by atoms with E-state index in [1.54, 1.807) is 11.3 Å². The maximum Gasteiger partial charge on any atom is 0.124 e. The van der Waals surface area contributed by atoms with Gasteiger partial charge in [0.2, 0.25) is 0 Å². The van der Waals surface area contributed by atoms with Crippen LogP contribution < -0.4 is 0 Å². The zero-order valence-corrected chi connectivity index (χ0v) is 15.6. The van der Waals surface area contributed by atoms with Gasteiger partial charge in [-0.2, -0.15) is 0 Å². The summed E-state index contributed by atoms with van der Waals surface area (Å²) in [6, 6.07) is 25.8. The first-order valence-corrected chi connectivity index (χ1v) is 9.62. The average Bonchev–Trinajstić information content (AvgIpc) is 3.23. The van der Waals surface area contributed by atoms with Crippen LogP contribution in [-0.4, -0.2) is 9.55 Å². The van der Waals surface area contributed by atoms with Crippen LogP contribution in [0.15, 0.2) is 82.8 Å². The molecular weight excluding hydrogens is 392 g/mol. The third-order valence-electron chi connectivity index (χ3n) is 4.43. The molecule has 0 aliphatic carbocycles. The Morgan fingerprint density at radius 3 is 1.92 bits per heavy atom. The second kappa shape index (κ2) is 5.83. The summed E-state index contributed by atoms with van der Waals surface area (Å²) in [5, 5.41) is 3.60. The highest BCUT2D eigenvalue weighted by atomic mass is 79.9. The minimum Gasteiger partial charge on any atom is -0.309 e. The van der Waals surface area contributed by atoms with E-state index in [0.717, 1.165) is 20.0 Å². The van der Waals surface area contributed by atoms with Gasteiger partial charge in [0.15, 0.2) is 0 Å². The molecule has 0 aliphatic heterocycles. The molecule has 5 aromatic rings. The fourth-order valence-corrected chi connectivity index (χ4v) is 4.55. The van der Waals surface area contributed by atoms with Crippen LogP contribution in [-0.2, 0) is 0 Å². The second-order valence-electron chi connectivity index (χ2n) is 5.89. The van der Waals surface area contributed by atoms with Gasteiger partial charge in [-0.3, -0.25) is 0 Å². The van der Waals surface area contributed by atoms with E-state index in [4.69, 9.17) is 0 Å². The van der Waals surface area contributed by atoms with Gasteiger partial charge in [-0.15, -0.1) is 11.3 Å². The van der Waals surface area contributed by atoms with E-state index in [2.05, 4.69) is 98.3 Å². The highest BCUT2D eigenvalue weighted by Crippen LogP contribution is 2.33. The van der Waals surface area contributed by atoms with E-state index < -0.39 is 0 Å². The van der Waals surface area contributed by atoms with E-state index in [0.29, 0.717) is 0 Å². The van der Waals surface area contributed by atoms with Gasteiger partial charge >= 0.3 is 0 Å². The minimum atomic E-state index is 1.03. The molecule has 0 amide bonds. The average molecular weight is 405 g/mol. The van der Waals surface area contributed by atoms with Crippen molar-refractivity contribution < 1.29 is 0 Å². The third-order valence-corrected chi connectivity index (χ3v) is 5.96. The highest BCUT2D eigenvalue weighted by molar-refractivity contribution is 9.11. The lowest BCUT2D eigenvalue weighted by Crippen LogP contribution is -1.93. The number of rotatable bonds is 2. The van der Waals surface area contributed by atoms with Gasteiger partial charge in [-0.05, 0) is 52.3 Å². The predicted molar refractivity (Wildman–Crippen MR) is 110 cm³/mol. The number of fused-ring (bicyclic) bond motifs is 3. The molecule has 4 heteroatoms. The van der Waals surface area contributed by atoms with Crippen LogP contribution in [0.4, 0.5) is 0 Å². The molecule has 0 atom stereocenters. The normalized spacial score (nSPS) is 11.4. The molecule has 0 saturated carbocycles. The molecule has 0 unspecified atom stereocenters. The SMILES string of the molecule is Brc1cnc(-c2ccc(-n3c4ccccc4c4ccccc43)cc2)s1. The maximum atomic E-state index is 4.44. The Balaban J connectivity index is 1.72. The molecule has 0 spiro atoms. The zero-order valence-electron chi connectivity index (χ0n) is 13.2. The van der Waals surface area contributed by atoms with Crippen molar-refractivity contribution in [3.63, 3.8) is 0 Å². The molecule has 2 nitrogen and oxygen atoms in total. The quantitative estimate of drug-likeness (QED) is 0.321. The molecule has 0 N–H and O–H groups in total. The number of hydrogen-bond acceptors (Lipinski definition) is 2. The number of hydrogen-bond donors (Lipinski definition) is 0. The zero-order chi connectivity index (χ0) is 16.8. The van der Waals surface area contributed by atoms with E-state index in [-0.39, 0.29) is 0 Å². The van der Waals surface area contributed by atoms with Crippen molar-refractivity contribution in [2.75, 3.05) is 0 Å². The Hall–Kier alpha value is -2.43. The Morgan fingerprint density at radius 1 is 0.760 bits per heavy atom. The Morgan fingerprint density at radius 2 is 1.36 bits per heavy atom. The number of aromatic nitrogens is 2. The minimum absolute atomic E-state index is 1.03. The van der Waals surface area contributed by atoms with Crippen molar-refractivity contribution in [2.24, 2.45) is 0 Å². The van der Waals surface area contributed by atoms with Crippen LogP contribution in [0, 0.1) is 0 Å². The molecule has 2 aromatic heterocycles. The monoisotopic (exact) mass is 404 g/mol. The number of halogens is 1. The fraction of sp³-hybridized carbons (Fsp3) is 0. The van der Waals surface area contributed by atoms with Crippen LogP contribution in [0.1, 0.15) is 0 Å². The van der Waals surface area contributed by atoms with Gasteiger partial charge in [0, 0.05) is 22.0 Å². The van der Waals surface area contributed by atoms with Gasteiger partial charge in [-0.25, -0.2) is 4.98 Å². The van der Waals surface area contributed by atoms with Gasteiger partial charge in [0.05, 0.1) is 21.0 Å². The summed E-state index contributed by atoms with van der Waals surface area (Å²) in [5.41, 5.74) is 4.76. The summed E-state index contributed by atoms with van der Waals surface area (Å²) in [7, 11) is 0. The van der Waals surface area contributed by atoms with Gasteiger partial charge in [-0.1, -0.05) is 36.4 Å². The summed E-state index contributed by atoms with van der Waals surface area (Å²) >= 11 is 5.13. The molecule has 0 radical (unpaired) electrons. The molecule has 2 heterocycles. The molecule has 0 bridgehead atoms. The molecule has 5 rings (SSSR count).